The van der Waals surface area contributed by atoms with Gasteiger partial charge in [0, 0.05) is 0 Å². The number of fused-ring (bicyclic) bond motifs is 2. The molecule has 86 valence electrons. The first-order chi connectivity index (χ1) is 7.72. The zero-order valence-electron chi connectivity index (χ0n) is 9.25. The molecule has 0 heterocycles. The molecule has 0 N–H and O–H groups in total. The summed E-state index contributed by atoms with van der Waals surface area (Å²) >= 11 is 0. The summed E-state index contributed by atoms with van der Waals surface area (Å²) in [7, 11) is 2.90. The van der Waals surface area contributed by atoms with Gasteiger partial charge in [-0.1, -0.05) is 0 Å². The summed E-state index contributed by atoms with van der Waals surface area (Å²) in [6.07, 6.45) is 0. The molecule has 0 aromatic rings. The Morgan fingerprint density at radius 1 is 0.688 bits per heavy atom. The number of esters is 2. The van der Waals surface area contributed by atoms with Gasteiger partial charge in [-0.05, 0) is 35.5 Å². The van der Waals surface area contributed by atoms with Gasteiger partial charge in [0.1, 0.15) is 0 Å². The number of carbonyl (C=O) groups excluding carboxylic acids is 2. The van der Waals surface area contributed by atoms with Crippen molar-refractivity contribution in [2.75, 3.05) is 14.2 Å². The summed E-state index contributed by atoms with van der Waals surface area (Å²) in [5, 5.41) is 0. The van der Waals surface area contributed by atoms with Crippen LogP contribution in [-0.4, -0.2) is 26.2 Å². The van der Waals surface area contributed by atoms with Gasteiger partial charge < -0.3 is 9.47 Å². The third-order valence-corrected chi connectivity index (χ3v) is 5.72. The van der Waals surface area contributed by atoms with E-state index in [4.69, 9.17) is 9.47 Å². The van der Waals surface area contributed by atoms with Crippen molar-refractivity contribution in [1.29, 1.82) is 0 Å². The van der Waals surface area contributed by atoms with Crippen LogP contribution in [0.2, 0.25) is 0 Å². The first-order valence-corrected chi connectivity index (χ1v) is 5.88. The van der Waals surface area contributed by atoms with E-state index in [0.717, 1.165) is 11.8 Å². The highest BCUT2D eigenvalue weighted by atomic mass is 16.5. The molecule has 4 saturated carbocycles. The summed E-state index contributed by atoms with van der Waals surface area (Å²) in [5.74, 6) is 3.23. The second kappa shape index (κ2) is 2.44. The lowest BCUT2D eigenvalue weighted by Gasteiger charge is -2.88. The van der Waals surface area contributed by atoms with E-state index in [1.54, 1.807) is 0 Å². The molecule has 4 rings (SSSR count). The molecular formula is C12H14O4. The molecule has 0 aromatic carbocycles. The van der Waals surface area contributed by atoms with Crippen molar-refractivity contribution in [3.8, 4) is 0 Å². The molecule has 4 heteroatoms. The molecule has 0 bridgehead atoms. The average Bonchev–Trinajstić information content (AvgIpc) is 2.32. The molecule has 0 spiro atoms. The smallest absolute Gasteiger partial charge is 0.309 e. The Balaban J connectivity index is 1.58. The molecule has 0 radical (unpaired) electrons. The maximum atomic E-state index is 11.6. The fourth-order valence-corrected chi connectivity index (χ4v) is 5.31. The number of ether oxygens (including phenoxy) is 2. The van der Waals surface area contributed by atoms with Crippen LogP contribution in [0.15, 0.2) is 0 Å². The van der Waals surface area contributed by atoms with Crippen LogP contribution in [0.4, 0.5) is 0 Å². The maximum Gasteiger partial charge on any atom is 0.309 e. The van der Waals surface area contributed by atoms with Crippen LogP contribution < -0.4 is 0 Å². The molecule has 4 aliphatic rings. The van der Waals surface area contributed by atoms with E-state index in [1.807, 2.05) is 0 Å². The average molecular weight is 222 g/mol. The topological polar surface area (TPSA) is 52.6 Å². The van der Waals surface area contributed by atoms with Crippen molar-refractivity contribution in [3.63, 3.8) is 0 Å². The van der Waals surface area contributed by atoms with Gasteiger partial charge in [-0.15, -0.1) is 0 Å². The minimum absolute atomic E-state index is 0.0669. The third-order valence-electron chi connectivity index (χ3n) is 5.72. The Labute approximate surface area is 93.3 Å². The van der Waals surface area contributed by atoms with E-state index in [0.29, 0.717) is 23.7 Å². The van der Waals surface area contributed by atoms with Crippen molar-refractivity contribution in [2.45, 2.75) is 0 Å². The summed E-state index contributed by atoms with van der Waals surface area (Å²) in [6, 6.07) is 0. The number of rotatable bonds is 2. The SMILES string of the molecule is COC(=O)C1[C@@H]2C3C4[C@@H](C(C(=O)OC)[C@@H]42)[C@@H]13. The summed E-state index contributed by atoms with van der Waals surface area (Å²) in [6.45, 7) is 0. The molecular weight excluding hydrogens is 208 g/mol. The number of methoxy groups -OCH3 is 2. The molecule has 0 saturated heterocycles. The van der Waals surface area contributed by atoms with Crippen molar-refractivity contribution in [2.24, 2.45) is 47.3 Å². The van der Waals surface area contributed by atoms with Gasteiger partial charge in [0.15, 0.2) is 0 Å². The molecule has 4 nitrogen and oxygen atoms in total. The minimum Gasteiger partial charge on any atom is -0.469 e. The van der Waals surface area contributed by atoms with E-state index >= 15 is 0 Å². The van der Waals surface area contributed by atoms with Crippen LogP contribution in [0, 0.1) is 47.3 Å². The predicted molar refractivity (Wildman–Crippen MR) is 52.0 cm³/mol. The van der Waals surface area contributed by atoms with Crippen LogP contribution in [0.5, 0.6) is 0 Å². The van der Waals surface area contributed by atoms with Crippen molar-refractivity contribution < 1.29 is 19.1 Å². The lowest BCUT2D eigenvalue weighted by atomic mass is 9.14. The molecule has 4 unspecified atom stereocenters. The Morgan fingerprint density at radius 3 is 1.25 bits per heavy atom. The molecule has 0 amide bonds. The lowest BCUT2D eigenvalue weighted by molar-refractivity contribution is -0.422. The van der Waals surface area contributed by atoms with Gasteiger partial charge in [0.25, 0.3) is 0 Å². The molecule has 0 aliphatic heterocycles. The van der Waals surface area contributed by atoms with Crippen LogP contribution in [0.1, 0.15) is 0 Å². The summed E-state index contributed by atoms with van der Waals surface area (Å²) < 4.78 is 9.68. The lowest BCUT2D eigenvalue weighted by Crippen LogP contribution is -2.89. The quantitative estimate of drug-likeness (QED) is 0.631. The van der Waals surface area contributed by atoms with Gasteiger partial charge in [0.2, 0.25) is 0 Å². The largest absolute Gasteiger partial charge is 0.469 e. The molecule has 8 atom stereocenters. The van der Waals surface area contributed by atoms with E-state index in [9.17, 15) is 9.59 Å². The maximum absolute atomic E-state index is 11.6. The Hall–Kier alpha value is -1.06. The van der Waals surface area contributed by atoms with Crippen molar-refractivity contribution >= 4 is 11.9 Å². The van der Waals surface area contributed by atoms with E-state index < -0.39 is 0 Å². The van der Waals surface area contributed by atoms with Gasteiger partial charge in [-0.2, -0.15) is 0 Å². The highest BCUT2D eigenvalue weighted by Crippen LogP contribution is 2.88. The summed E-state index contributed by atoms with van der Waals surface area (Å²) in [5.41, 5.74) is 0. The Bertz CT molecular complexity index is 346. The van der Waals surface area contributed by atoms with Gasteiger partial charge in [0.05, 0.1) is 26.1 Å². The number of hydrogen-bond donors (Lipinski definition) is 0. The van der Waals surface area contributed by atoms with Crippen LogP contribution in [0.3, 0.4) is 0 Å². The third kappa shape index (κ3) is 0.611. The first-order valence-electron chi connectivity index (χ1n) is 5.88. The molecule has 16 heavy (non-hydrogen) atoms. The standard InChI is InChI=1S/C12H14O4/c1-15-11(13)9-5-3-4-7(5)10(12(14)16-2)8(4)6(3)9/h3-10H,1-2H3/t3?,4?,5-,6+,7+,8-,9?,10?. The highest BCUT2D eigenvalue weighted by molar-refractivity contribution is 5.81. The molecule has 4 fully saturated rings. The van der Waals surface area contributed by atoms with Gasteiger partial charge in [-0.3, -0.25) is 9.59 Å². The van der Waals surface area contributed by atoms with Crippen LogP contribution in [0.25, 0.3) is 0 Å². The van der Waals surface area contributed by atoms with E-state index in [1.165, 1.54) is 14.2 Å². The Morgan fingerprint density at radius 2 is 1.00 bits per heavy atom. The fraction of sp³-hybridized carbons (Fsp3) is 0.833. The number of carbonyl (C=O) groups is 2. The van der Waals surface area contributed by atoms with E-state index in [2.05, 4.69) is 0 Å². The monoisotopic (exact) mass is 222 g/mol. The van der Waals surface area contributed by atoms with Crippen LogP contribution >= 0.6 is 0 Å². The van der Waals surface area contributed by atoms with E-state index in [-0.39, 0.29) is 23.8 Å². The number of hydrogen-bond acceptors (Lipinski definition) is 4. The molecule has 4 aliphatic carbocycles. The zero-order valence-corrected chi connectivity index (χ0v) is 9.25. The van der Waals surface area contributed by atoms with Gasteiger partial charge >= 0.3 is 11.9 Å². The van der Waals surface area contributed by atoms with Crippen LogP contribution in [-0.2, 0) is 19.1 Å². The second-order valence-corrected chi connectivity index (χ2v) is 5.56. The van der Waals surface area contributed by atoms with Crippen molar-refractivity contribution in [1.82, 2.24) is 0 Å². The fourth-order valence-electron chi connectivity index (χ4n) is 5.31. The van der Waals surface area contributed by atoms with Gasteiger partial charge in [-0.25, -0.2) is 0 Å². The Kier molecular flexibility index (Phi) is 1.37. The minimum atomic E-state index is -0.0669. The van der Waals surface area contributed by atoms with Crippen molar-refractivity contribution in [3.05, 3.63) is 0 Å². The second-order valence-electron chi connectivity index (χ2n) is 5.56. The first kappa shape index (κ1) is 9.02. The predicted octanol–water partition coefficient (Wildman–Crippen LogP) is 0.316. The zero-order chi connectivity index (χ0) is 11.2. The normalized spacial score (nSPS) is 57.9. The molecule has 0 aromatic heterocycles. The summed E-state index contributed by atoms with van der Waals surface area (Å²) in [4.78, 5) is 23.2. The highest BCUT2D eigenvalue weighted by Gasteiger charge is 2.89.